The van der Waals surface area contributed by atoms with E-state index in [0.29, 0.717) is 0 Å². The van der Waals surface area contributed by atoms with Gasteiger partial charge < -0.3 is 33.6 Å². The molecule has 0 amide bonds. The number of aromatic carboxylic acids is 2. The summed E-state index contributed by atoms with van der Waals surface area (Å²) < 4.78 is 20.9. The first-order chi connectivity index (χ1) is 15.6. The van der Waals surface area contributed by atoms with E-state index in [4.69, 9.17) is 28.5 Å². The molecule has 3 rings (SSSR count). The Kier molecular flexibility index (Phi) is 6.64. The van der Waals surface area contributed by atoms with Crippen molar-refractivity contribution in [2.75, 3.05) is 13.2 Å². The van der Waals surface area contributed by atoms with Gasteiger partial charge in [-0.3, -0.25) is 9.59 Å². The zero-order chi connectivity index (χ0) is 24.3. The molecule has 3 N–H and O–H groups in total. The number of carbonyl (C=O) groups is 2. The van der Waals surface area contributed by atoms with Crippen molar-refractivity contribution in [3.8, 4) is 5.75 Å². The molecule has 0 aliphatic rings. The average Bonchev–Trinajstić information content (AvgIpc) is 2.75. The van der Waals surface area contributed by atoms with Crippen LogP contribution in [-0.4, -0.2) is 46.6 Å². The van der Waals surface area contributed by atoms with E-state index >= 15 is 0 Å². The predicted octanol–water partition coefficient (Wildman–Crippen LogP) is 0.138. The van der Waals surface area contributed by atoms with Gasteiger partial charge in [-0.05, 0) is 25.1 Å². The summed E-state index contributed by atoms with van der Waals surface area (Å²) in [5.74, 6) is -3.53. The molecular formula is C22H18O11. The first-order valence-corrected chi connectivity index (χ1v) is 9.39. The monoisotopic (exact) mass is 458 g/mol. The summed E-state index contributed by atoms with van der Waals surface area (Å²) in [6, 6.07) is 5.81. The maximum Gasteiger partial charge on any atom is 0.371 e. The second kappa shape index (κ2) is 9.40. The fraction of sp³-hybridized carbons (Fsp3) is 0.182. The van der Waals surface area contributed by atoms with E-state index in [2.05, 4.69) is 6.58 Å². The van der Waals surface area contributed by atoms with Crippen LogP contribution in [0.4, 0.5) is 0 Å². The fourth-order valence-corrected chi connectivity index (χ4v) is 2.88. The van der Waals surface area contributed by atoms with Crippen molar-refractivity contribution in [1.29, 1.82) is 0 Å². The normalized spacial score (nSPS) is 12.8. The minimum absolute atomic E-state index is 0.0601. The van der Waals surface area contributed by atoms with Gasteiger partial charge in [-0.25, -0.2) is 9.59 Å². The van der Waals surface area contributed by atoms with Gasteiger partial charge in [0.1, 0.15) is 47.0 Å². The van der Waals surface area contributed by atoms with E-state index in [1.165, 1.54) is 25.1 Å². The van der Waals surface area contributed by atoms with Crippen molar-refractivity contribution in [2.24, 2.45) is 0 Å². The molecule has 33 heavy (non-hydrogen) atoms. The van der Waals surface area contributed by atoms with E-state index in [-0.39, 0.29) is 46.3 Å². The molecule has 11 nitrogen and oxygen atoms in total. The van der Waals surface area contributed by atoms with Gasteiger partial charge in [0, 0.05) is 12.1 Å². The Bertz CT molecular complexity index is 1430. The van der Waals surface area contributed by atoms with Gasteiger partial charge in [-0.1, -0.05) is 6.58 Å². The van der Waals surface area contributed by atoms with Gasteiger partial charge in [0.05, 0.1) is 5.39 Å². The molecule has 0 aliphatic heterocycles. The maximum atomic E-state index is 12.1. The van der Waals surface area contributed by atoms with E-state index in [0.717, 1.165) is 12.1 Å². The quantitative estimate of drug-likeness (QED) is 0.419. The van der Waals surface area contributed by atoms with Gasteiger partial charge in [0.15, 0.2) is 10.9 Å². The number of rotatable bonds is 8. The molecule has 2 heterocycles. The average molecular weight is 458 g/mol. The van der Waals surface area contributed by atoms with Crippen molar-refractivity contribution in [1.82, 2.24) is 0 Å². The van der Waals surface area contributed by atoms with Crippen molar-refractivity contribution >= 4 is 35.2 Å². The van der Waals surface area contributed by atoms with Crippen LogP contribution in [0.5, 0.6) is 5.75 Å². The number of fused-ring (bicyclic) bond motifs is 1. The topological polar surface area (TPSA) is 174 Å². The Hall–Kier alpha value is -4.38. The van der Waals surface area contributed by atoms with Gasteiger partial charge in [-0.2, -0.15) is 0 Å². The highest BCUT2D eigenvalue weighted by atomic mass is 16.5. The van der Waals surface area contributed by atoms with Crippen LogP contribution in [-0.2, 0) is 4.74 Å². The lowest BCUT2D eigenvalue weighted by molar-refractivity contribution is 0.0515. The van der Waals surface area contributed by atoms with E-state index in [9.17, 15) is 24.3 Å². The third kappa shape index (κ3) is 5.28. The molecule has 1 aromatic carbocycles. The standard InChI is InChI=1S/C22H18O11/c1-10(20-11(2)32-18(21(26)27)7-16(20)25)30-8-12(23)9-31-13-3-4-17-14(5-13)15(24)6-19(33-17)22(28)29/h3-7,12,23H,2,8-9H2,1H3,(H,26,27)(H,28,29)/b20-10-. The van der Waals surface area contributed by atoms with Crippen LogP contribution < -0.4 is 26.2 Å². The highest BCUT2D eigenvalue weighted by molar-refractivity contribution is 5.87. The molecule has 11 heteroatoms. The van der Waals surface area contributed by atoms with Crippen molar-refractivity contribution in [2.45, 2.75) is 13.0 Å². The van der Waals surface area contributed by atoms with Crippen molar-refractivity contribution in [3.63, 3.8) is 0 Å². The van der Waals surface area contributed by atoms with Gasteiger partial charge in [0.25, 0.3) is 0 Å². The molecule has 0 bridgehead atoms. The van der Waals surface area contributed by atoms with Crippen LogP contribution in [0.25, 0.3) is 23.3 Å². The van der Waals surface area contributed by atoms with Crippen LogP contribution >= 0.6 is 0 Å². The Morgan fingerprint density at radius 1 is 1.00 bits per heavy atom. The molecule has 2 aromatic heterocycles. The third-order valence-corrected chi connectivity index (χ3v) is 4.43. The highest BCUT2D eigenvalue weighted by Gasteiger charge is 2.14. The second-order valence-electron chi connectivity index (χ2n) is 6.85. The van der Waals surface area contributed by atoms with Gasteiger partial charge in [-0.15, -0.1) is 0 Å². The SMILES string of the molecule is C=c1oc(C(=O)O)cc(=O)/c1=C(/C)OCC(O)COc1ccc2oc(C(=O)O)cc(=O)c2c1. The zero-order valence-corrected chi connectivity index (χ0v) is 17.2. The van der Waals surface area contributed by atoms with E-state index < -0.39 is 40.4 Å². The minimum Gasteiger partial charge on any atom is -0.494 e. The number of carboxylic acid groups (broad SMARTS) is 2. The number of ether oxygens (including phenoxy) is 2. The summed E-state index contributed by atoms with van der Waals surface area (Å²) in [7, 11) is 0. The van der Waals surface area contributed by atoms with Crippen LogP contribution in [0.1, 0.15) is 28.0 Å². The Balaban J connectivity index is 1.68. The fourth-order valence-electron chi connectivity index (χ4n) is 2.88. The molecular weight excluding hydrogens is 440 g/mol. The molecule has 0 radical (unpaired) electrons. The number of benzene rings is 1. The van der Waals surface area contributed by atoms with E-state index in [1.807, 2.05) is 0 Å². The Morgan fingerprint density at radius 3 is 2.27 bits per heavy atom. The maximum absolute atomic E-state index is 12.1. The van der Waals surface area contributed by atoms with Gasteiger partial charge >= 0.3 is 11.9 Å². The number of aliphatic hydroxyl groups is 1. The molecule has 172 valence electrons. The summed E-state index contributed by atoms with van der Waals surface area (Å²) in [5.41, 5.74) is -1.35. The van der Waals surface area contributed by atoms with Crippen LogP contribution in [0.3, 0.4) is 0 Å². The van der Waals surface area contributed by atoms with Crippen LogP contribution in [0.15, 0.2) is 48.8 Å². The molecule has 1 unspecified atom stereocenters. The first-order valence-electron chi connectivity index (χ1n) is 9.39. The number of hydrogen-bond acceptors (Lipinski definition) is 9. The summed E-state index contributed by atoms with van der Waals surface area (Å²) in [4.78, 5) is 46.1. The lowest BCUT2D eigenvalue weighted by Crippen LogP contribution is -2.41. The molecule has 1 atom stereocenters. The molecule has 0 spiro atoms. The predicted molar refractivity (Wildman–Crippen MR) is 113 cm³/mol. The lowest BCUT2D eigenvalue weighted by atomic mass is 10.2. The minimum atomic E-state index is -1.41. The van der Waals surface area contributed by atoms with Crippen LogP contribution in [0, 0.1) is 0 Å². The zero-order valence-electron chi connectivity index (χ0n) is 17.2. The molecule has 0 fully saturated rings. The summed E-state index contributed by atoms with van der Waals surface area (Å²) in [6.07, 6.45) is -1.14. The summed E-state index contributed by atoms with van der Waals surface area (Å²) >= 11 is 0. The molecule has 0 saturated carbocycles. The first kappa shape index (κ1) is 23.3. The van der Waals surface area contributed by atoms with E-state index in [1.54, 1.807) is 0 Å². The second-order valence-corrected chi connectivity index (χ2v) is 6.85. The van der Waals surface area contributed by atoms with Crippen molar-refractivity contribution in [3.05, 3.63) is 72.9 Å². The molecule has 0 saturated heterocycles. The molecule has 3 aromatic rings. The number of aliphatic hydroxyl groups excluding tert-OH is 1. The Morgan fingerprint density at radius 2 is 1.64 bits per heavy atom. The largest absolute Gasteiger partial charge is 0.494 e. The Labute approximate surface area is 184 Å². The molecule has 0 aliphatic carbocycles. The van der Waals surface area contributed by atoms with Gasteiger partial charge in [0.2, 0.25) is 11.5 Å². The third-order valence-electron chi connectivity index (χ3n) is 4.43. The number of hydrogen-bond donors (Lipinski definition) is 3. The summed E-state index contributed by atoms with van der Waals surface area (Å²) in [5, 5.41) is 28.0. The smallest absolute Gasteiger partial charge is 0.371 e. The van der Waals surface area contributed by atoms with Crippen molar-refractivity contribution < 1.29 is 43.2 Å². The number of carboxylic acids is 2. The highest BCUT2D eigenvalue weighted by Crippen LogP contribution is 2.19. The summed E-state index contributed by atoms with van der Waals surface area (Å²) in [6.45, 7) is 4.44. The lowest BCUT2D eigenvalue weighted by Gasteiger charge is -2.14. The van der Waals surface area contributed by atoms with Crippen LogP contribution in [0.2, 0.25) is 0 Å².